The number of nitrogens with two attached hydrogens (primary N) is 1. The van der Waals surface area contributed by atoms with Crippen molar-refractivity contribution in [3.05, 3.63) is 24.3 Å². The molecule has 1 saturated carbocycles. The first kappa shape index (κ1) is 14.4. The van der Waals surface area contributed by atoms with Gasteiger partial charge in [0.15, 0.2) is 0 Å². The van der Waals surface area contributed by atoms with Gasteiger partial charge in [0.25, 0.3) is 0 Å². The van der Waals surface area contributed by atoms with Crippen molar-refractivity contribution in [2.45, 2.75) is 44.6 Å². The average Bonchev–Trinajstić information content (AvgIpc) is 3.02. The van der Waals surface area contributed by atoms with Crippen LogP contribution in [-0.2, 0) is 4.79 Å². The van der Waals surface area contributed by atoms with E-state index < -0.39 is 0 Å². The minimum atomic E-state index is 0.0698. The van der Waals surface area contributed by atoms with Gasteiger partial charge in [0.2, 0.25) is 5.91 Å². The zero-order chi connectivity index (χ0) is 14.7. The topological polar surface area (TPSA) is 58.4 Å². The highest BCUT2D eigenvalue weighted by Crippen LogP contribution is 2.30. The molecule has 1 amide bonds. The molecular formula is C17H25N3O. The summed E-state index contributed by atoms with van der Waals surface area (Å²) < 4.78 is 0. The second-order valence-electron chi connectivity index (χ2n) is 6.32. The van der Waals surface area contributed by atoms with Crippen LogP contribution in [0.5, 0.6) is 0 Å². The number of nitrogens with one attached hydrogen (secondary N) is 1. The van der Waals surface area contributed by atoms with Crippen LogP contribution in [0.4, 0.5) is 11.4 Å². The van der Waals surface area contributed by atoms with E-state index in [2.05, 4.69) is 16.3 Å². The summed E-state index contributed by atoms with van der Waals surface area (Å²) in [7, 11) is 0. The van der Waals surface area contributed by atoms with E-state index >= 15 is 0 Å². The molecule has 1 aliphatic carbocycles. The summed E-state index contributed by atoms with van der Waals surface area (Å²) >= 11 is 0. The van der Waals surface area contributed by atoms with Crippen molar-refractivity contribution in [3.8, 4) is 0 Å². The number of amides is 1. The number of benzene rings is 1. The monoisotopic (exact) mass is 287 g/mol. The van der Waals surface area contributed by atoms with E-state index in [9.17, 15) is 4.79 Å². The van der Waals surface area contributed by atoms with Crippen molar-refractivity contribution in [1.82, 2.24) is 0 Å². The molecule has 4 nitrogen and oxygen atoms in total. The molecule has 114 valence electrons. The van der Waals surface area contributed by atoms with Gasteiger partial charge >= 0.3 is 0 Å². The number of para-hydroxylation sites is 2. The first-order valence-corrected chi connectivity index (χ1v) is 8.14. The molecule has 1 aliphatic heterocycles. The van der Waals surface area contributed by atoms with E-state index in [-0.39, 0.29) is 17.9 Å². The van der Waals surface area contributed by atoms with E-state index in [1.165, 1.54) is 12.8 Å². The molecule has 2 fully saturated rings. The number of nitrogens with zero attached hydrogens (tertiary/aromatic N) is 1. The minimum Gasteiger partial charge on any atom is -0.370 e. The van der Waals surface area contributed by atoms with Gasteiger partial charge in [-0.3, -0.25) is 4.79 Å². The Hall–Kier alpha value is -1.55. The molecule has 3 N–H and O–H groups in total. The third-order valence-corrected chi connectivity index (χ3v) is 4.69. The van der Waals surface area contributed by atoms with E-state index in [0.717, 1.165) is 50.1 Å². The third kappa shape index (κ3) is 3.38. The summed E-state index contributed by atoms with van der Waals surface area (Å²) in [6.07, 6.45) is 6.36. The van der Waals surface area contributed by atoms with Crippen molar-refractivity contribution in [2.75, 3.05) is 23.3 Å². The molecule has 2 aliphatic rings. The summed E-state index contributed by atoms with van der Waals surface area (Å²) in [4.78, 5) is 14.9. The van der Waals surface area contributed by atoms with Crippen molar-refractivity contribution in [1.29, 1.82) is 0 Å². The van der Waals surface area contributed by atoms with Crippen LogP contribution in [0.2, 0.25) is 0 Å². The standard InChI is InChI=1S/C17H25N3O/c18-14-7-5-6-13(12-14)17(21)19-15-8-1-2-9-16(15)20-10-3-4-11-20/h1-2,8-9,13-14H,3-7,10-12,18H2,(H,19,21). The molecule has 0 spiro atoms. The summed E-state index contributed by atoms with van der Waals surface area (Å²) in [6, 6.07) is 8.33. The molecule has 0 aromatic heterocycles. The van der Waals surface area contributed by atoms with Gasteiger partial charge in [-0.1, -0.05) is 18.6 Å². The van der Waals surface area contributed by atoms with Gasteiger partial charge in [0.05, 0.1) is 11.4 Å². The number of carbonyl (C=O) groups excluding carboxylic acids is 1. The zero-order valence-corrected chi connectivity index (χ0v) is 12.6. The Morgan fingerprint density at radius 3 is 2.67 bits per heavy atom. The van der Waals surface area contributed by atoms with E-state index in [1.54, 1.807) is 0 Å². The van der Waals surface area contributed by atoms with E-state index in [1.807, 2.05) is 18.2 Å². The maximum absolute atomic E-state index is 12.5. The van der Waals surface area contributed by atoms with Crippen molar-refractivity contribution >= 4 is 17.3 Å². The van der Waals surface area contributed by atoms with Crippen LogP contribution in [0.1, 0.15) is 38.5 Å². The van der Waals surface area contributed by atoms with Gasteiger partial charge in [0.1, 0.15) is 0 Å². The smallest absolute Gasteiger partial charge is 0.227 e. The fourth-order valence-electron chi connectivity index (χ4n) is 3.51. The largest absolute Gasteiger partial charge is 0.370 e. The number of hydrogen-bond donors (Lipinski definition) is 2. The normalized spacial score (nSPS) is 25.9. The van der Waals surface area contributed by atoms with E-state index in [0.29, 0.717) is 0 Å². The predicted molar refractivity (Wildman–Crippen MR) is 86.5 cm³/mol. The highest BCUT2D eigenvalue weighted by Gasteiger charge is 2.26. The Kier molecular flexibility index (Phi) is 4.44. The quantitative estimate of drug-likeness (QED) is 0.898. The number of rotatable bonds is 3. The maximum Gasteiger partial charge on any atom is 0.227 e. The van der Waals surface area contributed by atoms with Gasteiger partial charge in [-0.25, -0.2) is 0 Å². The van der Waals surface area contributed by atoms with E-state index in [4.69, 9.17) is 5.73 Å². The Labute approximate surface area is 126 Å². The van der Waals surface area contributed by atoms with Crippen LogP contribution in [-0.4, -0.2) is 25.0 Å². The van der Waals surface area contributed by atoms with Crippen molar-refractivity contribution < 1.29 is 4.79 Å². The molecule has 0 bridgehead atoms. The molecule has 1 aromatic carbocycles. The van der Waals surface area contributed by atoms with Crippen LogP contribution in [0.3, 0.4) is 0 Å². The van der Waals surface area contributed by atoms with Crippen LogP contribution in [0, 0.1) is 5.92 Å². The zero-order valence-electron chi connectivity index (χ0n) is 12.6. The first-order valence-electron chi connectivity index (χ1n) is 8.14. The van der Waals surface area contributed by atoms with Gasteiger partial charge in [0, 0.05) is 25.0 Å². The fraction of sp³-hybridized carbons (Fsp3) is 0.588. The summed E-state index contributed by atoms with van der Waals surface area (Å²) in [6.45, 7) is 2.17. The highest BCUT2D eigenvalue weighted by atomic mass is 16.1. The highest BCUT2D eigenvalue weighted by molar-refractivity contribution is 5.96. The number of anilines is 2. The van der Waals surface area contributed by atoms with Crippen LogP contribution in [0.25, 0.3) is 0 Å². The lowest BCUT2D eigenvalue weighted by atomic mass is 9.85. The molecule has 2 atom stereocenters. The molecule has 1 heterocycles. The summed E-state index contributed by atoms with van der Waals surface area (Å²) in [5, 5.41) is 3.14. The molecule has 1 aromatic rings. The Bertz CT molecular complexity index is 497. The molecule has 1 saturated heterocycles. The van der Waals surface area contributed by atoms with Gasteiger partial charge in [-0.05, 0) is 44.2 Å². The van der Waals surface area contributed by atoms with Crippen LogP contribution < -0.4 is 16.0 Å². The molecule has 4 heteroatoms. The Balaban J connectivity index is 1.70. The second kappa shape index (κ2) is 6.48. The van der Waals surface area contributed by atoms with Gasteiger partial charge in [-0.2, -0.15) is 0 Å². The van der Waals surface area contributed by atoms with Crippen LogP contribution in [0.15, 0.2) is 24.3 Å². The lowest BCUT2D eigenvalue weighted by Gasteiger charge is -2.27. The molecule has 3 rings (SSSR count). The second-order valence-corrected chi connectivity index (χ2v) is 6.32. The Morgan fingerprint density at radius 2 is 1.90 bits per heavy atom. The van der Waals surface area contributed by atoms with Gasteiger partial charge < -0.3 is 16.0 Å². The van der Waals surface area contributed by atoms with Gasteiger partial charge in [-0.15, -0.1) is 0 Å². The average molecular weight is 287 g/mol. The maximum atomic E-state index is 12.5. The SMILES string of the molecule is NC1CCCC(C(=O)Nc2ccccc2N2CCCC2)C1. The fourth-order valence-corrected chi connectivity index (χ4v) is 3.51. The summed E-state index contributed by atoms with van der Waals surface area (Å²) in [5.41, 5.74) is 8.10. The molecular weight excluding hydrogens is 262 g/mol. The lowest BCUT2D eigenvalue weighted by molar-refractivity contribution is -0.120. The first-order chi connectivity index (χ1) is 10.2. The lowest BCUT2D eigenvalue weighted by Crippen LogP contribution is -2.34. The molecule has 21 heavy (non-hydrogen) atoms. The Morgan fingerprint density at radius 1 is 1.14 bits per heavy atom. The number of hydrogen-bond acceptors (Lipinski definition) is 3. The van der Waals surface area contributed by atoms with Crippen LogP contribution >= 0.6 is 0 Å². The van der Waals surface area contributed by atoms with Crippen molar-refractivity contribution in [2.24, 2.45) is 11.7 Å². The van der Waals surface area contributed by atoms with Crippen molar-refractivity contribution in [3.63, 3.8) is 0 Å². The third-order valence-electron chi connectivity index (χ3n) is 4.69. The minimum absolute atomic E-state index is 0.0698. The number of carbonyl (C=O) groups is 1. The molecule has 2 unspecified atom stereocenters. The summed E-state index contributed by atoms with van der Waals surface area (Å²) in [5.74, 6) is 0.206. The molecule has 0 radical (unpaired) electrons. The predicted octanol–water partition coefficient (Wildman–Crippen LogP) is 2.74.